The van der Waals surface area contributed by atoms with Crippen molar-refractivity contribution in [3.63, 3.8) is 0 Å². The molecule has 1 aromatic carbocycles. The second-order valence-corrected chi connectivity index (χ2v) is 4.89. The summed E-state index contributed by atoms with van der Waals surface area (Å²) in [4.78, 5) is 0. The lowest BCUT2D eigenvalue weighted by Crippen LogP contribution is -2.22. The summed E-state index contributed by atoms with van der Waals surface area (Å²) in [5.41, 5.74) is 7.61. The molecule has 0 heterocycles. The van der Waals surface area contributed by atoms with Crippen LogP contribution in [0.25, 0.3) is 0 Å². The third-order valence-electron chi connectivity index (χ3n) is 3.16. The molecule has 1 rings (SSSR count). The zero-order valence-corrected chi connectivity index (χ0v) is 11.8. The summed E-state index contributed by atoms with van der Waals surface area (Å²) < 4.78 is 0. The van der Waals surface area contributed by atoms with Gasteiger partial charge in [0.15, 0.2) is 0 Å². The molecule has 0 aliphatic carbocycles. The van der Waals surface area contributed by atoms with Gasteiger partial charge in [-0.1, -0.05) is 70.1 Å². The number of unbranched alkanes of at least 4 members (excludes halogenated alkanes) is 7. The summed E-state index contributed by atoms with van der Waals surface area (Å²) in [5.74, 6) is 0. The van der Waals surface area contributed by atoms with E-state index < -0.39 is 0 Å². The van der Waals surface area contributed by atoms with Crippen LogP contribution in [0.3, 0.4) is 0 Å². The van der Waals surface area contributed by atoms with Crippen LogP contribution in [0.1, 0.15) is 58.3 Å². The molecule has 0 aliphatic rings. The molecule has 0 amide bonds. The van der Waals surface area contributed by atoms with Crippen LogP contribution in [0.2, 0.25) is 0 Å². The summed E-state index contributed by atoms with van der Waals surface area (Å²) in [7, 11) is 0. The Kier molecular flexibility index (Phi) is 9.27. The van der Waals surface area contributed by atoms with Crippen molar-refractivity contribution in [2.45, 2.75) is 58.3 Å². The van der Waals surface area contributed by atoms with Gasteiger partial charge in [0, 0.05) is 12.2 Å². The molecule has 0 atom stereocenters. The first-order chi connectivity index (χ1) is 8.93. The lowest BCUT2D eigenvalue weighted by molar-refractivity contribution is 0.566. The highest BCUT2D eigenvalue weighted by Crippen LogP contribution is 2.08. The van der Waals surface area contributed by atoms with Crippen molar-refractivity contribution in [1.82, 2.24) is 5.43 Å². The minimum atomic E-state index is 1.05. The molecule has 0 fully saturated rings. The van der Waals surface area contributed by atoms with E-state index in [-0.39, 0.29) is 0 Å². The van der Waals surface area contributed by atoms with Crippen LogP contribution in [0.15, 0.2) is 30.3 Å². The highest BCUT2D eigenvalue weighted by atomic mass is 15.3. The lowest BCUT2D eigenvalue weighted by atomic mass is 10.1. The number of hydrazine groups is 1. The van der Waals surface area contributed by atoms with Crippen LogP contribution in [0.5, 0.6) is 0 Å². The van der Waals surface area contributed by atoms with Gasteiger partial charge in [-0.05, 0) is 18.6 Å². The van der Waals surface area contributed by atoms with Gasteiger partial charge < -0.3 is 5.43 Å². The van der Waals surface area contributed by atoms with Crippen LogP contribution in [0.4, 0.5) is 5.69 Å². The van der Waals surface area contributed by atoms with Gasteiger partial charge in [0.1, 0.15) is 0 Å². The Hall–Kier alpha value is -1.02. The zero-order chi connectivity index (χ0) is 12.9. The summed E-state index contributed by atoms with van der Waals surface area (Å²) in [6, 6.07) is 10.3. The van der Waals surface area contributed by atoms with Crippen molar-refractivity contribution in [2.24, 2.45) is 0 Å². The molecule has 2 heteroatoms. The Morgan fingerprint density at radius 3 is 2.06 bits per heavy atom. The minimum Gasteiger partial charge on any atom is -0.322 e. The van der Waals surface area contributed by atoms with Crippen molar-refractivity contribution in [3.8, 4) is 0 Å². The number of benzene rings is 1. The largest absolute Gasteiger partial charge is 0.322 e. The van der Waals surface area contributed by atoms with E-state index in [0.29, 0.717) is 0 Å². The normalized spacial score (nSPS) is 10.5. The van der Waals surface area contributed by atoms with Gasteiger partial charge in [0.2, 0.25) is 0 Å². The number of rotatable bonds is 11. The maximum Gasteiger partial charge on any atom is 0.0487 e. The molecular weight excluding hydrogens is 220 g/mol. The van der Waals surface area contributed by atoms with Gasteiger partial charge in [0.05, 0.1) is 0 Å². The Morgan fingerprint density at radius 2 is 1.39 bits per heavy atom. The summed E-state index contributed by atoms with van der Waals surface area (Å²) >= 11 is 0. The standard InChI is InChI=1S/C16H28N2/c1-2-3-4-5-6-7-8-12-15-17-18-16-13-10-9-11-14-16/h9-11,13-14,17-18H,2-8,12,15H2,1H3. The molecule has 0 aromatic heterocycles. The lowest BCUT2D eigenvalue weighted by Gasteiger charge is -2.07. The van der Waals surface area contributed by atoms with Crippen molar-refractivity contribution in [2.75, 3.05) is 12.0 Å². The van der Waals surface area contributed by atoms with Gasteiger partial charge in [0.25, 0.3) is 0 Å². The van der Waals surface area contributed by atoms with Gasteiger partial charge in [-0.3, -0.25) is 0 Å². The molecule has 2 nitrogen and oxygen atoms in total. The third-order valence-corrected chi connectivity index (χ3v) is 3.16. The molecule has 0 radical (unpaired) electrons. The zero-order valence-electron chi connectivity index (χ0n) is 11.8. The fourth-order valence-corrected chi connectivity index (χ4v) is 2.03. The van der Waals surface area contributed by atoms with E-state index in [1.54, 1.807) is 0 Å². The first-order valence-corrected chi connectivity index (χ1v) is 7.47. The SMILES string of the molecule is CCCCCCCCCCNNc1ccccc1. The number of hydrogen-bond acceptors (Lipinski definition) is 2. The average molecular weight is 248 g/mol. The molecule has 1 aromatic rings. The second-order valence-electron chi connectivity index (χ2n) is 4.89. The first kappa shape index (κ1) is 15.0. The van der Waals surface area contributed by atoms with E-state index >= 15 is 0 Å². The highest BCUT2D eigenvalue weighted by molar-refractivity contribution is 5.41. The molecule has 0 bridgehead atoms. The fraction of sp³-hybridized carbons (Fsp3) is 0.625. The van der Waals surface area contributed by atoms with Gasteiger partial charge in [-0.2, -0.15) is 0 Å². The molecule has 0 aliphatic heterocycles. The monoisotopic (exact) mass is 248 g/mol. The third kappa shape index (κ3) is 8.13. The van der Waals surface area contributed by atoms with Crippen LogP contribution in [-0.2, 0) is 0 Å². The van der Waals surface area contributed by atoms with E-state index in [1.165, 1.54) is 51.4 Å². The molecule has 2 N–H and O–H groups in total. The Morgan fingerprint density at radius 1 is 0.778 bits per heavy atom. The van der Waals surface area contributed by atoms with Crippen molar-refractivity contribution >= 4 is 5.69 Å². The van der Waals surface area contributed by atoms with Crippen LogP contribution in [0, 0.1) is 0 Å². The molecular formula is C16H28N2. The molecule has 0 spiro atoms. The van der Waals surface area contributed by atoms with Gasteiger partial charge in [-0.15, -0.1) is 0 Å². The maximum absolute atomic E-state index is 3.26. The average Bonchev–Trinajstić information content (AvgIpc) is 2.42. The number of anilines is 1. The van der Waals surface area contributed by atoms with Crippen LogP contribution in [-0.4, -0.2) is 6.54 Å². The Labute approximate surface area is 112 Å². The van der Waals surface area contributed by atoms with E-state index in [0.717, 1.165) is 12.2 Å². The molecule has 0 saturated carbocycles. The van der Waals surface area contributed by atoms with E-state index in [1.807, 2.05) is 18.2 Å². The van der Waals surface area contributed by atoms with Gasteiger partial charge >= 0.3 is 0 Å². The molecule has 18 heavy (non-hydrogen) atoms. The summed E-state index contributed by atoms with van der Waals surface area (Å²) in [6.45, 7) is 3.31. The topological polar surface area (TPSA) is 24.1 Å². The molecule has 0 unspecified atom stereocenters. The minimum absolute atomic E-state index is 1.05. The van der Waals surface area contributed by atoms with E-state index in [9.17, 15) is 0 Å². The Balaban J connectivity index is 1.82. The first-order valence-electron chi connectivity index (χ1n) is 7.47. The Bertz CT molecular complexity index is 272. The predicted octanol–water partition coefficient (Wildman–Crippen LogP) is 4.74. The number of para-hydroxylation sites is 1. The highest BCUT2D eigenvalue weighted by Gasteiger charge is 1.92. The fourth-order valence-electron chi connectivity index (χ4n) is 2.03. The predicted molar refractivity (Wildman–Crippen MR) is 80.7 cm³/mol. The summed E-state index contributed by atoms with van der Waals surface area (Å²) in [6.07, 6.45) is 11.0. The second kappa shape index (κ2) is 11.1. The summed E-state index contributed by atoms with van der Waals surface area (Å²) in [5, 5.41) is 0. The van der Waals surface area contributed by atoms with Crippen LogP contribution < -0.4 is 10.9 Å². The number of nitrogens with one attached hydrogen (secondary N) is 2. The molecule has 0 saturated heterocycles. The number of hydrogen-bond donors (Lipinski definition) is 2. The van der Waals surface area contributed by atoms with E-state index in [2.05, 4.69) is 29.9 Å². The smallest absolute Gasteiger partial charge is 0.0487 e. The van der Waals surface area contributed by atoms with Crippen LogP contribution >= 0.6 is 0 Å². The van der Waals surface area contributed by atoms with Crippen molar-refractivity contribution in [1.29, 1.82) is 0 Å². The van der Waals surface area contributed by atoms with E-state index in [4.69, 9.17) is 0 Å². The maximum atomic E-state index is 3.26. The van der Waals surface area contributed by atoms with Gasteiger partial charge in [-0.25, -0.2) is 5.43 Å². The van der Waals surface area contributed by atoms with Crippen molar-refractivity contribution in [3.05, 3.63) is 30.3 Å². The van der Waals surface area contributed by atoms with Crippen molar-refractivity contribution < 1.29 is 0 Å². The molecule has 102 valence electrons. The quantitative estimate of drug-likeness (QED) is 0.436.